The lowest BCUT2D eigenvalue weighted by Crippen LogP contribution is -2.32. The summed E-state index contributed by atoms with van der Waals surface area (Å²) >= 11 is 4.16. The average Bonchev–Trinajstić information content (AvgIpc) is 2.75. The van der Waals surface area contributed by atoms with E-state index < -0.39 is 24.1 Å². The molecule has 0 atom stereocenters. The molecule has 10 nitrogen and oxygen atoms in total. The molecule has 2 N–H and O–H groups in total. The Morgan fingerprint density at radius 1 is 0.800 bits per heavy atom. The van der Waals surface area contributed by atoms with E-state index in [1.165, 1.54) is 0 Å². The predicted molar refractivity (Wildman–Crippen MR) is 112 cm³/mol. The molecule has 0 aliphatic heterocycles. The Bertz CT molecular complexity index is 527. The minimum Gasteiger partial charge on any atom is -0.461 e. The molecule has 0 aliphatic rings. The van der Waals surface area contributed by atoms with Crippen molar-refractivity contribution >= 4 is 36.8 Å². The van der Waals surface area contributed by atoms with Crippen LogP contribution in [0, 0.1) is 5.92 Å². The van der Waals surface area contributed by atoms with Crippen LogP contribution in [0.4, 0.5) is 9.59 Å². The third-order valence-corrected chi connectivity index (χ3v) is 3.80. The van der Waals surface area contributed by atoms with Gasteiger partial charge in [-0.2, -0.15) is 12.6 Å². The summed E-state index contributed by atoms with van der Waals surface area (Å²) < 4.78 is 19.7. The molecule has 2 amide bonds. The van der Waals surface area contributed by atoms with E-state index in [0.717, 1.165) is 30.7 Å². The van der Waals surface area contributed by atoms with E-state index in [2.05, 4.69) is 36.4 Å². The highest BCUT2D eigenvalue weighted by Crippen LogP contribution is 2.11. The standard InChI is InChI=1S/C19H30N2O8S/c1-3-16(22)26-10-8-20-18(24)28-13-15(7-5-6-12-30)14-29-19(25)21-9-11-27-17(23)4-2/h3-4,15,30H,1-2,5-14H2,(H,20,24)(H,21,25). The molecule has 0 rings (SSSR count). The first-order valence-electron chi connectivity index (χ1n) is 9.43. The van der Waals surface area contributed by atoms with Crippen molar-refractivity contribution in [2.45, 2.75) is 19.3 Å². The summed E-state index contributed by atoms with van der Waals surface area (Å²) in [5.41, 5.74) is 0. The molecule has 0 aromatic rings. The zero-order valence-corrected chi connectivity index (χ0v) is 17.8. The second-order valence-electron chi connectivity index (χ2n) is 5.88. The zero-order chi connectivity index (χ0) is 22.6. The van der Waals surface area contributed by atoms with Crippen LogP contribution in [0.15, 0.2) is 25.3 Å². The van der Waals surface area contributed by atoms with E-state index in [4.69, 9.17) is 18.9 Å². The van der Waals surface area contributed by atoms with Gasteiger partial charge >= 0.3 is 24.1 Å². The van der Waals surface area contributed by atoms with Gasteiger partial charge in [0.15, 0.2) is 0 Å². The maximum atomic E-state index is 11.7. The van der Waals surface area contributed by atoms with Crippen molar-refractivity contribution in [2.75, 3.05) is 45.3 Å². The van der Waals surface area contributed by atoms with Crippen molar-refractivity contribution in [1.29, 1.82) is 0 Å². The van der Waals surface area contributed by atoms with Gasteiger partial charge in [-0.05, 0) is 18.6 Å². The van der Waals surface area contributed by atoms with Crippen molar-refractivity contribution in [3.63, 3.8) is 0 Å². The quantitative estimate of drug-likeness (QED) is 0.107. The summed E-state index contributed by atoms with van der Waals surface area (Å²) in [5, 5.41) is 4.89. The molecular formula is C19H30N2O8S. The second kappa shape index (κ2) is 18.3. The molecular weight excluding hydrogens is 416 g/mol. The summed E-state index contributed by atoms with van der Waals surface area (Å²) in [4.78, 5) is 45.2. The number of esters is 2. The van der Waals surface area contributed by atoms with Gasteiger partial charge in [0, 0.05) is 18.1 Å². The van der Waals surface area contributed by atoms with E-state index >= 15 is 0 Å². The number of alkyl carbamates (subject to hydrolysis) is 2. The maximum absolute atomic E-state index is 11.7. The first-order chi connectivity index (χ1) is 14.4. The first-order valence-corrected chi connectivity index (χ1v) is 10.1. The van der Waals surface area contributed by atoms with Crippen LogP contribution < -0.4 is 10.6 Å². The topological polar surface area (TPSA) is 129 Å². The normalized spacial score (nSPS) is 9.93. The molecule has 0 radical (unpaired) electrons. The molecule has 0 spiro atoms. The second-order valence-corrected chi connectivity index (χ2v) is 6.33. The number of thiol groups is 1. The molecule has 0 saturated carbocycles. The molecule has 0 saturated heterocycles. The first kappa shape index (κ1) is 27.3. The molecule has 170 valence electrons. The highest BCUT2D eigenvalue weighted by molar-refractivity contribution is 7.80. The molecule has 0 heterocycles. The van der Waals surface area contributed by atoms with Gasteiger partial charge in [-0.1, -0.05) is 19.6 Å². The van der Waals surface area contributed by atoms with Gasteiger partial charge in [0.25, 0.3) is 0 Å². The molecule has 0 aromatic heterocycles. The van der Waals surface area contributed by atoms with Crippen LogP contribution in [0.2, 0.25) is 0 Å². The molecule has 0 aliphatic carbocycles. The average molecular weight is 447 g/mol. The molecule has 0 aromatic carbocycles. The maximum Gasteiger partial charge on any atom is 0.407 e. The summed E-state index contributed by atoms with van der Waals surface area (Å²) in [6, 6.07) is 0. The minimum absolute atomic E-state index is 0.00325. The molecule has 0 unspecified atom stereocenters. The Morgan fingerprint density at radius 2 is 1.27 bits per heavy atom. The van der Waals surface area contributed by atoms with Crippen molar-refractivity contribution in [3.8, 4) is 0 Å². The fourth-order valence-corrected chi connectivity index (χ4v) is 2.20. The van der Waals surface area contributed by atoms with Crippen LogP contribution >= 0.6 is 12.6 Å². The Morgan fingerprint density at radius 3 is 1.67 bits per heavy atom. The number of nitrogens with one attached hydrogen (secondary N) is 2. The number of carbonyl (C=O) groups excluding carboxylic acids is 4. The fraction of sp³-hybridized carbons (Fsp3) is 0.579. The largest absolute Gasteiger partial charge is 0.461 e. The summed E-state index contributed by atoms with van der Waals surface area (Å²) in [6.07, 6.45) is 3.10. The van der Waals surface area contributed by atoms with Gasteiger partial charge in [0.1, 0.15) is 13.2 Å². The number of rotatable bonds is 16. The van der Waals surface area contributed by atoms with Crippen LogP contribution in [-0.4, -0.2) is 69.4 Å². The number of amides is 2. The van der Waals surface area contributed by atoms with Gasteiger partial charge < -0.3 is 29.6 Å². The number of carbonyl (C=O) groups is 4. The number of hydrogen-bond acceptors (Lipinski definition) is 9. The van der Waals surface area contributed by atoms with Crippen LogP contribution in [0.1, 0.15) is 19.3 Å². The van der Waals surface area contributed by atoms with Gasteiger partial charge in [-0.25, -0.2) is 19.2 Å². The summed E-state index contributed by atoms with van der Waals surface area (Å²) in [6.45, 7) is 6.81. The number of ether oxygens (including phenoxy) is 4. The molecule has 0 fully saturated rings. The van der Waals surface area contributed by atoms with Crippen LogP contribution in [0.25, 0.3) is 0 Å². The third-order valence-electron chi connectivity index (χ3n) is 3.49. The molecule has 30 heavy (non-hydrogen) atoms. The van der Waals surface area contributed by atoms with Gasteiger partial charge in [-0.3, -0.25) is 0 Å². The zero-order valence-electron chi connectivity index (χ0n) is 16.9. The Labute approximate surface area is 181 Å². The van der Waals surface area contributed by atoms with Crippen LogP contribution in [0.5, 0.6) is 0 Å². The van der Waals surface area contributed by atoms with E-state index in [0.29, 0.717) is 6.42 Å². The van der Waals surface area contributed by atoms with Crippen molar-refractivity contribution in [2.24, 2.45) is 5.92 Å². The predicted octanol–water partition coefficient (Wildman–Crippen LogP) is 1.61. The summed E-state index contributed by atoms with van der Waals surface area (Å²) in [5.74, 6) is -0.631. The van der Waals surface area contributed by atoms with Crippen LogP contribution in [0.3, 0.4) is 0 Å². The number of hydrogen-bond donors (Lipinski definition) is 3. The SMILES string of the molecule is C=CC(=O)OCCNC(=O)OCC(CCCCS)COC(=O)NCCOC(=O)C=C. The monoisotopic (exact) mass is 446 g/mol. The summed E-state index contributed by atoms with van der Waals surface area (Å²) in [7, 11) is 0. The minimum atomic E-state index is -0.669. The Kier molecular flexibility index (Phi) is 16.7. The van der Waals surface area contributed by atoms with Gasteiger partial charge in [0.05, 0.1) is 26.3 Å². The van der Waals surface area contributed by atoms with E-state index in [1.807, 2.05) is 0 Å². The van der Waals surface area contributed by atoms with E-state index in [9.17, 15) is 19.2 Å². The molecule has 11 heteroatoms. The van der Waals surface area contributed by atoms with Crippen LogP contribution in [-0.2, 0) is 28.5 Å². The Hall–Kier alpha value is -2.69. The highest BCUT2D eigenvalue weighted by atomic mass is 32.1. The van der Waals surface area contributed by atoms with Gasteiger partial charge in [0.2, 0.25) is 0 Å². The highest BCUT2D eigenvalue weighted by Gasteiger charge is 2.15. The van der Waals surface area contributed by atoms with E-state index in [1.54, 1.807) is 0 Å². The lowest BCUT2D eigenvalue weighted by molar-refractivity contribution is -0.138. The lowest BCUT2D eigenvalue weighted by Gasteiger charge is -2.17. The fourth-order valence-electron chi connectivity index (χ4n) is 1.98. The van der Waals surface area contributed by atoms with Gasteiger partial charge in [-0.15, -0.1) is 0 Å². The lowest BCUT2D eigenvalue weighted by atomic mass is 10.0. The van der Waals surface area contributed by atoms with Crippen molar-refractivity contribution in [1.82, 2.24) is 10.6 Å². The Balaban J connectivity index is 4.16. The smallest absolute Gasteiger partial charge is 0.407 e. The van der Waals surface area contributed by atoms with Crippen molar-refractivity contribution < 1.29 is 38.1 Å². The van der Waals surface area contributed by atoms with E-state index in [-0.39, 0.29) is 45.4 Å². The third kappa shape index (κ3) is 16.3. The molecule has 0 bridgehead atoms. The number of unbranched alkanes of at least 4 members (excludes halogenated alkanes) is 1. The van der Waals surface area contributed by atoms with Crippen molar-refractivity contribution in [3.05, 3.63) is 25.3 Å².